The Labute approximate surface area is 56.5 Å². The molecule has 0 nitrogen and oxygen atoms in total. The summed E-state index contributed by atoms with van der Waals surface area (Å²) in [5.74, 6) is 2.05. The Morgan fingerprint density at radius 3 is 2.00 bits per heavy atom. The zero-order chi connectivity index (χ0) is 7.49. The van der Waals surface area contributed by atoms with Gasteiger partial charge in [-0.05, 0) is 5.41 Å². The third-order valence-corrected chi connectivity index (χ3v) is 0.970. The van der Waals surface area contributed by atoms with E-state index in [9.17, 15) is 4.39 Å². The highest BCUT2D eigenvalue weighted by Gasteiger charge is 2.23. The standard InChI is InChI=1S/C8H11F/c1-5-6-7(9)8(2,3)4/h1,7H,2-4H3. The van der Waals surface area contributed by atoms with Crippen LogP contribution < -0.4 is 0 Å². The molecule has 0 saturated carbocycles. The van der Waals surface area contributed by atoms with Crippen LogP contribution in [0.3, 0.4) is 0 Å². The van der Waals surface area contributed by atoms with Crippen LogP contribution in [-0.4, -0.2) is 6.17 Å². The van der Waals surface area contributed by atoms with Crippen molar-refractivity contribution in [3.8, 4) is 12.3 Å². The molecule has 0 aromatic rings. The molecule has 0 saturated heterocycles. The third-order valence-electron chi connectivity index (χ3n) is 0.970. The van der Waals surface area contributed by atoms with Crippen molar-refractivity contribution < 1.29 is 4.39 Å². The van der Waals surface area contributed by atoms with Crippen LogP contribution >= 0.6 is 0 Å². The molecule has 0 aromatic carbocycles. The van der Waals surface area contributed by atoms with Crippen molar-refractivity contribution in [3.63, 3.8) is 0 Å². The number of terminal acetylenes is 1. The van der Waals surface area contributed by atoms with Gasteiger partial charge in [0.05, 0.1) is 0 Å². The molecule has 0 heterocycles. The molecule has 0 amide bonds. The molecule has 0 aromatic heterocycles. The van der Waals surface area contributed by atoms with Crippen molar-refractivity contribution in [1.82, 2.24) is 0 Å². The molecule has 1 unspecified atom stereocenters. The van der Waals surface area contributed by atoms with E-state index in [1.807, 2.05) is 5.92 Å². The van der Waals surface area contributed by atoms with Crippen LogP contribution in [0.15, 0.2) is 0 Å². The highest BCUT2D eigenvalue weighted by molar-refractivity contribution is 5.07. The summed E-state index contributed by atoms with van der Waals surface area (Å²) >= 11 is 0. The Morgan fingerprint density at radius 2 is 1.89 bits per heavy atom. The number of alkyl halides is 1. The van der Waals surface area contributed by atoms with Crippen LogP contribution in [0.25, 0.3) is 0 Å². The van der Waals surface area contributed by atoms with Gasteiger partial charge in [0.25, 0.3) is 0 Å². The van der Waals surface area contributed by atoms with Crippen LogP contribution in [0.2, 0.25) is 0 Å². The predicted octanol–water partition coefficient (Wildman–Crippen LogP) is 2.09. The lowest BCUT2D eigenvalue weighted by atomic mass is 9.89. The molecule has 0 aliphatic heterocycles. The van der Waals surface area contributed by atoms with Crippen molar-refractivity contribution >= 4 is 0 Å². The summed E-state index contributed by atoms with van der Waals surface area (Å²) in [7, 11) is 0. The molecular weight excluding hydrogens is 115 g/mol. The van der Waals surface area contributed by atoms with Gasteiger partial charge in [0.1, 0.15) is 12.6 Å². The minimum atomic E-state index is -1.12. The highest BCUT2D eigenvalue weighted by atomic mass is 19.1. The van der Waals surface area contributed by atoms with Gasteiger partial charge in [0.15, 0.2) is 0 Å². The first-order valence-electron chi connectivity index (χ1n) is 2.83. The normalized spacial score (nSPS) is 14.6. The van der Waals surface area contributed by atoms with E-state index in [-0.39, 0.29) is 0 Å². The Hall–Kier alpha value is -0.510. The van der Waals surface area contributed by atoms with Crippen molar-refractivity contribution in [2.45, 2.75) is 26.9 Å². The second-order valence-electron chi connectivity index (χ2n) is 3.02. The van der Waals surface area contributed by atoms with Crippen molar-refractivity contribution in [1.29, 1.82) is 0 Å². The van der Waals surface area contributed by atoms with Crippen LogP contribution in [-0.2, 0) is 0 Å². The SMILES string of the molecule is C#C[C]C(F)C(C)(C)C. The first kappa shape index (κ1) is 8.49. The van der Waals surface area contributed by atoms with Crippen LogP contribution in [0.4, 0.5) is 4.39 Å². The first-order valence-corrected chi connectivity index (χ1v) is 2.83. The average molecular weight is 126 g/mol. The molecule has 1 heteroatoms. The minimum Gasteiger partial charge on any atom is -0.245 e. The summed E-state index contributed by atoms with van der Waals surface area (Å²) in [5.41, 5.74) is -0.410. The average Bonchev–Trinajstić information content (AvgIpc) is 1.64. The fourth-order valence-corrected chi connectivity index (χ4v) is 0.290. The molecule has 0 rings (SSSR count). The monoisotopic (exact) mass is 126 g/mol. The van der Waals surface area contributed by atoms with Gasteiger partial charge >= 0.3 is 0 Å². The Morgan fingerprint density at radius 1 is 1.44 bits per heavy atom. The van der Waals surface area contributed by atoms with Crippen LogP contribution in [0.5, 0.6) is 0 Å². The van der Waals surface area contributed by atoms with Gasteiger partial charge in [-0.15, -0.1) is 6.42 Å². The van der Waals surface area contributed by atoms with Crippen molar-refractivity contribution in [3.05, 3.63) is 6.42 Å². The van der Waals surface area contributed by atoms with Gasteiger partial charge in [0, 0.05) is 0 Å². The number of rotatable bonds is 1. The Balaban J connectivity index is 3.76. The van der Waals surface area contributed by atoms with Crippen molar-refractivity contribution in [2.24, 2.45) is 5.41 Å². The van der Waals surface area contributed by atoms with Gasteiger partial charge in [-0.1, -0.05) is 26.7 Å². The Kier molecular flexibility index (Phi) is 2.70. The lowest BCUT2D eigenvalue weighted by Gasteiger charge is -2.20. The maximum Gasteiger partial charge on any atom is 0.125 e. The molecule has 1 atom stereocenters. The second-order valence-corrected chi connectivity index (χ2v) is 3.02. The molecule has 9 heavy (non-hydrogen) atoms. The lowest BCUT2D eigenvalue weighted by molar-refractivity contribution is 0.199. The minimum absolute atomic E-state index is 0.410. The zero-order valence-corrected chi connectivity index (χ0v) is 6.03. The third kappa shape index (κ3) is 3.13. The van der Waals surface area contributed by atoms with Gasteiger partial charge < -0.3 is 0 Å². The van der Waals surface area contributed by atoms with Crippen molar-refractivity contribution in [2.75, 3.05) is 0 Å². The summed E-state index contributed by atoms with van der Waals surface area (Å²) in [6.07, 6.45) is 5.95. The Bertz CT molecular complexity index is 114. The van der Waals surface area contributed by atoms with E-state index in [1.165, 1.54) is 0 Å². The zero-order valence-electron chi connectivity index (χ0n) is 6.03. The van der Waals surface area contributed by atoms with Crippen LogP contribution in [0, 0.1) is 24.2 Å². The van der Waals surface area contributed by atoms with E-state index < -0.39 is 11.6 Å². The summed E-state index contributed by atoms with van der Waals surface area (Å²) in [4.78, 5) is 0. The van der Waals surface area contributed by atoms with Gasteiger partial charge in [0.2, 0.25) is 0 Å². The largest absolute Gasteiger partial charge is 0.245 e. The quantitative estimate of drug-likeness (QED) is 0.472. The number of halogens is 1. The van der Waals surface area contributed by atoms with E-state index in [0.29, 0.717) is 0 Å². The number of hydrogen-bond donors (Lipinski definition) is 0. The van der Waals surface area contributed by atoms with E-state index >= 15 is 0 Å². The fourth-order valence-electron chi connectivity index (χ4n) is 0.290. The fraction of sp³-hybridized carbons (Fsp3) is 0.625. The first-order chi connectivity index (χ1) is 3.98. The molecular formula is C8H11F. The predicted molar refractivity (Wildman–Crippen MR) is 36.4 cm³/mol. The molecule has 0 bridgehead atoms. The van der Waals surface area contributed by atoms with Gasteiger partial charge in [-0.3, -0.25) is 0 Å². The maximum atomic E-state index is 12.7. The van der Waals surface area contributed by atoms with Crippen LogP contribution in [0.1, 0.15) is 20.8 Å². The van der Waals surface area contributed by atoms with E-state index in [2.05, 4.69) is 6.42 Å². The topological polar surface area (TPSA) is 0 Å². The lowest BCUT2D eigenvalue weighted by Crippen LogP contribution is -2.21. The molecule has 50 valence electrons. The smallest absolute Gasteiger partial charge is 0.125 e. The second kappa shape index (κ2) is 2.87. The molecule has 0 fully saturated rings. The summed E-state index contributed by atoms with van der Waals surface area (Å²) in [5, 5.41) is 0. The number of hydrogen-bond acceptors (Lipinski definition) is 0. The van der Waals surface area contributed by atoms with Gasteiger partial charge in [-0.25, -0.2) is 4.39 Å². The molecule has 0 aliphatic rings. The van der Waals surface area contributed by atoms with E-state index in [4.69, 9.17) is 6.42 Å². The molecule has 0 aliphatic carbocycles. The molecule has 0 spiro atoms. The summed E-state index contributed by atoms with van der Waals surface area (Å²) < 4.78 is 12.7. The molecule has 0 N–H and O–H groups in total. The van der Waals surface area contributed by atoms with Gasteiger partial charge in [-0.2, -0.15) is 0 Å². The van der Waals surface area contributed by atoms with E-state index in [1.54, 1.807) is 20.8 Å². The summed E-state index contributed by atoms with van der Waals surface area (Å²) in [6, 6.07) is 0. The summed E-state index contributed by atoms with van der Waals surface area (Å²) in [6.45, 7) is 5.34. The maximum absolute atomic E-state index is 12.7. The highest BCUT2D eigenvalue weighted by Crippen LogP contribution is 2.23. The molecule has 2 radical (unpaired) electrons. The van der Waals surface area contributed by atoms with E-state index in [0.717, 1.165) is 0 Å².